The van der Waals surface area contributed by atoms with E-state index in [4.69, 9.17) is 5.84 Å². The first kappa shape index (κ1) is 15.4. The molecule has 0 aromatic heterocycles. The summed E-state index contributed by atoms with van der Waals surface area (Å²) in [6, 6.07) is 0.292. The van der Waals surface area contributed by atoms with Crippen LogP contribution in [-0.2, 0) is 4.79 Å². The molecular formula is C12H26N4O2. The highest BCUT2D eigenvalue weighted by atomic mass is 16.3. The highest BCUT2D eigenvalue weighted by Crippen LogP contribution is 2.25. The molecule has 6 heteroatoms. The van der Waals surface area contributed by atoms with Gasteiger partial charge in [0.05, 0.1) is 11.5 Å². The van der Waals surface area contributed by atoms with Crippen molar-refractivity contribution in [3.05, 3.63) is 0 Å². The Balaban J connectivity index is 2.66. The highest BCUT2D eigenvalue weighted by molar-refractivity contribution is 5.81. The van der Waals surface area contributed by atoms with E-state index in [0.29, 0.717) is 19.1 Å². The lowest BCUT2D eigenvalue weighted by Gasteiger charge is -2.33. The van der Waals surface area contributed by atoms with Gasteiger partial charge in [-0.05, 0) is 34.4 Å². The van der Waals surface area contributed by atoms with E-state index in [1.165, 1.54) is 0 Å². The molecule has 1 fully saturated rings. The molecule has 2 unspecified atom stereocenters. The van der Waals surface area contributed by atoms with E-state index in [1.54, 1.807) is 0 Å². The molecule has 1 aliphatic rings. The molecule has 1 amide bonds. The molecule has 1 rings (SSSR count). The smallest absolute Gasteiger partial charge is 0.240 e. The Bertz CT molecular complexity index is 294. The largest absolute Gasteiger partial charge is 0.392 e. The van der Waals surface area contributed by atoms with Gasteiger partial charge in [0.25, 0.3) is 0 Å². The van der Waals surface area contributed by atoms with Crippen molar-refractivity contribution in [1.82, 2.24) is 15.2 Å². The molecule has 106 valence electrons. The van der Waals surface area contributed by atoms with Crippen LogP contribution in [-0.4, -0.2) is 66.7 Å². The zero-order valence-electron chi connectivity index (χ0n) is 11.8. The Morgan fingerprint density at radius 3 is 2.67 bits per heavy atom. The van der Waals surface area contributed by atoms with E-state index < -0.39 is 5.41 Å². The Hall–Kier alpha value is -0.690. The second kappa shape index (κ2) is 5.97. The normalized spacial score (nSPS) is 25.7. The molecule has 18 heavy (non-hydrogen) atoms. The van der Waals surface area contributed by atoms with Crippen LogP contribution >= 0.6 is 0 Å². The Labute approximate surface area is 109 Å². The predicted molar refractivity (Wildman–Crippen MR) is 70.6 cm³/mol. The molecule has 2 atom stereocenters. The minimum Gasteiger partial charge on any atom is -0.392 e. The van der Waals surface area contributed by atoms with Crippen LogP contribution in [0.25, 0.3) is 0 Å². The summed E-state index contributed by atoms with van der Waals surface area (Å²) in [6.45, 7) is 5.85. The number of aliphatic hydroxyl groups is 1. The number of β-amino-alcohol motifs (C(OH)–C–C–N with tert-alkyl or cyclic N) is 1. The number of nitrogens with one attached hydrogen (secondary N) is 1. The first-order chi connectivity index (χ1) is 8.26. The van der Waals surface area contributed by atoms with Gasteiger partial charge in [-0.3, -0.25) is 15.1 Å². The minimum absolute atomic E-state index is 0.174. The van der Waals surface area contributed by atoms with Gasteiger partial charge in [-0.15, -0.1) is 0 Å². The lowest BCUT2D eigenvalue weighted by Crippen LogP contribution is -2.49. The van der Waals surface area contributed by atoms with Crippen molar-refractivity contribution in [2.45, 2.75) is 32.4 Å². The van der Waals surface area contributed by atoms with Crippen molar-refractivity contribution in [2.24, 2.45) is 11.3 Å². The van der Waals surface area contributed by atoms with Crippen LogP contribution in [0.15, 0.2) is 0 Å². The van der Waals surface area contributed by atoms with Crippen molar-refractivity contribution < 1.29 is 9.90 Å². The third-order valence-electron chi connectivity index (χ3n) is 3.43. The third kappa shape index (κ3) is 3.91. The van der Waals surface area contributed by atoms with Gasteiger partial charge in [-0.25, -0.2) is 5.84 Å². The summed E-state index contributed by atoms with van der Waals surface area (Å²) in [7, 11) is 4.03. The van der Waals surface area contributed by atoms with Crippen molar-refractivity contribution >= 4 is 5.91 Å². The standard InChI is InChI=1S/C12H26N4O2/c1-12(2,11(18)14-13)8-16-7-10(17)5-9(16)6-15(3)4/h9-10,17H,5-8,13H2,1-4H3,(H,14,18). The van der Waals surface area contributed by atoms with E-state index in [2.05, 4.69) is 15.2 Å². The first-order valence-electron chi connectivity index (χ1n) is 6.34. The molecule has 0 aromatic carbocycles. The SMILES string of the molecule is CN(C)CC1CC(O)CN1CC(C)(C)C(=O)NN. The fraction of sp³-hybridized carbons (Fsp3) is 0.917. The monoisotopic (exact) mass is 258 g/mol. The molecule has 4 N–H and O–H groups in total. The van der Waals surface area contributed by atoms with Crippen LogP contribution in [0.5, 0.6) is 0 Å². The molecule has 0 aliphatic carbocycles. The fourth-order valence-electron chi connectivity index (χ4n) is 2.54. The second-order valence-electron chi connectivity index (χ2n) is 6.09. The van der Waals surface area contributed by atoms with E-state index in [-0.39, 0.29) is 12.0 Å². The number of carbonyl (C=O) groups excluding carboxylic acids is 1. The van der Waals surface area contributed by atoms with Crippen LogP contribution in [0.1, 0.15) is 20.3 Å². The summed E-state index contributed by atoms with van der Waals surface area (Å²) in [5.74, 6) is 5.03. The quantitative estimate of drug-likeness (QED) is 0.335. The maximum atomic E-state index is 11.7. The number of amides is 1. The van der Waals surface area contributed by atoms with Crippen molar-refractivity contribution in [3.63, 3.8) is 0 Å². The topological polar surface area (TPSA) is 81.8 Å². The van der Waals surface area contributed by atoms with Gasteiger partial charge < -0.3 is 10.0 Å². The zero-order valence-corrected chi connectivity index (χ0v) is 11.8. The number of carbonyl (C=O) groups is 1. The van der Waals surface area contributed by atoms with Crippen LogP contribution in [0, 0.1) is 5.41 Å². The van der Waals surface area contributed by atoms with E-state index in [0.717, 1.165) is 13.0 Å². The second-order valence-corrected chi connectivity index (χ2v) is 6.09. The van der Waals surface area contributed by atoms with E-state index >= 15 is 0 Å². The average molecular weight is 258 g/mol. The van der Waals surface area contributed by atoms with E-state index in [9.17, 15) is 9.90 Å². The minimum atomic E-state index is -0.552. The molecular weight excluding hydrogens is 232 g/mol. The molecule has 6 nitrogen and oxygen atoms in total. The van der Waals surface area contributed by atoms with Gasteiger partial charge in [0.2, 0.25) is 5.91 Å². The lowest BCUT2D eigenvalue weighted by atomic mass is 9.91. The molecule has 0 aromatic rings. The van der Waals surface area contributed by atoms with Gasteiger partial charge in [0.15, 0.2) is 0 Å². The van der Waals surface area contributed by atoms with Gasteiger partial charge in [0, 0.05) is 25.7 Å². The summed E-state index contributed by atoms with van der Waals surface area (Å²) in [4.78, 5) is 16.0. The zero-order chi connectivity index (χ0) is 13.9. The fourth-order valence-corrected chi connectivity index (χ4v) is 2.54. The van der Waals surface area contributed by atoms with E-state index in [1.807, 2.05) is 27.9 Å². The van der Waals surface area contributed by atoms with Crippen LogP contribution in [0.4, 0.5) is 0 Å². The Morgan fingerprint density at radius 2 is 2.17 bits per heavy atom. The molecule has 0 saturated carbocycles. The number of nitrogens with two attached hydrogens (primary N) is 1. The molecule has 0 spiro atoms. The van der Waals surface area contributed by atoms with Gasteiger partial charge in [-0.2, -0.15) is 0 Å². The Kier molecular flexibility index (Phi) is 5.10. The number of likely N-dealkylation sites (tertiary alicyclic amines) is 1. The van der Waals surface area contributed by atoms with Crippen molar-refractivity contribution in [1.29, 1.82) is 0 Å². The van der Waals surface area contributed by atoms with Crippen molar-refractivity contribution in [3.8, 4) is 0 Å². The summed E-state index contributed by atoms with van der Waals surface area (Å²) < 4.78 is 0. The molecule has 1 aliphatic heterocycles. The highest BCUT2D eigenvalue weighted by Gasteiger charge is 2.37. The number of aliphatic hydroxyl groups excluding tert-OH is 1. The van der Waals surface area contributed by atoms with Gasteiger partial charge >= 0.3 is 0 Å². The van der Waals surface area contributed by atoms with Crippen molar-refractivity contribution in [2.75, 3.05) is 33.7 Å². The van der Waals surface area contributed by atoms with Gasteiger partial charge in [-0.1, -0.05) is 0 Å². The molecule has 0 radical (unpaired) electrons. The number of hydrazine groups is 1. The van der Waals surface area contributed by atoms with Crippen LogP contribution in [0.2, 0.25) is 0 Å². The van der Waals surface area contributed by atoms with Gasteiger partial charge in [0.1, 0.15) is 0 Å². The number of nitrogens with zero attached hydrogens (tertiary/aromatic N) is 2. The molecule has 1 saturated heterocycles. The van der Waals surface area contributed by atoms with Crippen LogP contribution < -0.4 is 11.3 Å². The number of likely N-dealkylation sites (N-methyl/N-ethyl adjacent to an activating group) is 1. The summed E-state index contributed by atoms with van der Waals surface area (Å²) in [6.07, 6.45) is 0.463. The number of hydrogen-bond acceptors (Lipinski definition) is 5. The number of rotatable bonds is 5. The maximum absolute atomic E-state index is 11.7. The lowest BCUT2D eigenvalue weighted by molar-refractivity contribution is -0.130. The average Bonchev–Trinajstić information content (AvgIpc) is 2.55. The molecule has 1 heterocycles. The Morgan fingerprint density at radius 1 is 1.56 bits per heavy atom. The van der Waals surface area contributed by atoms with Crippen LogP contribution in [0.3, 0.4) is 0 Å². The maximum Gasteiger partial charge on any atom is 0.240 e. The molecule has 0 bridgehead atoms. The third-order valence-corrected chi connectivity index (χ3v) is 3.43. The first-order valence-corrected chi connectivity index (χ1v) is 6.34. The predicted octanol–water partition coefficient (Wildman–Crippen LogP) is -1.00. The summed E-state index contributed by atoms with van der Waals surface area (Å²) in [5.41, 5.74) is 1.66. The summed E-state index contributed by atoms with van der Waals surface area (Å²) >= 11 is 0. The number of hydrogen-bond donors (Lipinski definition) is 3. The summed E-state index contributed by atoms with van der Waals surface area (Å²) in [5, 5.41) is 9.79.